The molecule has 0 radical (unpaired) electrons. The van der Waals surface area contributed by atoms with Gasteiger partial charge in [0.05, 0.1) is 4.90 Å². The molecule has 0 bridgehead atoms. The number of benzene rings is 1. The van der Waals surface area contributed by atoms with Gasteiger partial charge in [0, 0.05) is 25.7 Å². The van der Waals surface area contributed by atoms with E-state index in [1.807, 2.05) is 0 Å². The molecule has 0 heterocycles. The van der Waals surface area contributed by atoms with Crippen LogP contribution in [0.15, 0.2) is 29.2 Å². The van der Waals surface area contributed by atoms with E-state index in [2.05, 4.69) is 5.32 Å². The summed E-state index contributed by atoms with van der Waals surface area (Å²) in [5, 5.41) is 2.51. The normalized spacial score (nSPS) is 16.9. The molecule has 0 atom stereocenters. The molecule has 1 saturated carbocycles. The van der Waals surface area contributed by atoms with Crippen LogP contribution >= 0.6 is 0 Å². The summed E-state index contributed by atoms with van der Waals surface area (Å²) in [7, 11) is -0.387. The van der Waals surface area contributed by atoms with E-state index in [0.29, 0.717) is 5.56 Å². The second-order valence-corrected chi connectivity index (χ2v) is 7.42. The lowest BCUT2D eigenvalue weighted by Crippen LogP contribution is -2.38. The lowest BCUT2D eigenvalue weighted by Gasteiger charge is -2.30. The number of hydrogen-bond acceptors (Lipinski definition) is 3. The zero-order valence-corrected chi connectivity index (χ0v) is 13.3. The van der Waals surface area contributed by atoms with Crippen LogP contribution in [-0.2, 0) is 10.0 Å². The molecule has 5 nitrogen and oxygen atoms in total. The first-order valence-corrected chi connectivity index (χ1v) is 8.71. The number of carbonyl (C=O) groups excluding carboxylic acids is 1. The summed E-state index contributed by atoms with van der Waals surface area (Å²) in [6.07, 6.45) is 5.14. The average Bonchev–Trinajstić information content (AvgIpc) is 2.54. The highest BCUT2D eigenvalue weighted by Gasteiger charge is 2.29. The maximum atomic E-state index is 12.7. The topological polar surface area (TPSA) is 66.5 Å². The molecule has 1 amide bonds. The summed E-state index contributed by atoms with van der Waals surface area (Å²) in [6, 6.07) is 6.26. The van der Waals surface area contributed by atoms with Gasteiger partial charge in [0.25, 0.3) is 5.91 Å². The molecule has 1 aliphatic carbocycles. The SMILES string of the molecule is CNC(=O)c1cccc(S(=O)(=O)N(C)C2CCCCC2)c1. The van der Waals surface area contributed by atoms with Gasteiger partial charge < -0.3 is 5.32 Å². The van der Waals surface area contributed by atoms with E-state index < -0.39 is 10.0 Å². The number of rotatable bonds is 4. The first-order chi connectivity index (χ1) is 9.96. The number of sulfonamides is 1. The largest absolute Gasteiger partial charge is 0.355 e. The molecule has 1 fully saturated rings. The molecule has 0 aliphatic heterocycles. The van der Waals surface area contributed by atoms with Crippen LogP contribution in [0.1, 0.15) is 42.5 Å². The maximum Gasteiger partial charge on any atom is 0.251 e. The second-order valence-electron chi connectivity index (χ2n) is 5.42. The molecule has 0 unspecified atom stereocenters. The van der Waals surface area contributed by atoms with E-state index in [4.69, 9.17) is 0 Å². The molecule has 21 heavy (non-hydrogen) atoms. The Morgan fingerprint density at radius 1 is 1.24 bits per heavy atom. The molecular formula is C15H22N2O3S. The van der Waals surface area contributed by atoms with Gasteiger partial charge in [0.2, 0.25) is 10.0 Å². The monoisotopic (exact) mass is 310 g/mol. The molecule has 1 aromatic rings. The van der Waals surface area contributed by atoms with Gasteiger partial charge in [-0.3, -0.25) is 4.79 Å². The smallest absolute Gasteiger partial charge is 0.251 e. The molecule has 1 aromatic carbocycles. The van der Waals surface area contributed by atoms with Crippen molar-refractivity contribution < 1.29 is 13.2 Å². The highest BCUT2D eigenvalue weighted by atomic mass is 32.2. The minimum atomic E-state index is -3.55. The Balaban J connectivity index is 2.28. The fourth-order valence-electron chi connectivity index (χ4n) is 2.75. The van der Waals surface area contributed by atoms with Crippen molar-refractivity contribution in [1.29, 1.82) is 0 Å². The average molecular weight is 310 g/mol. The predicted octanol–water partition coefficient (Wildman–Crippen LogP) is 2.00. The van der Waals surface area contributed by atoms with Crippen LogP contribution in [0.2, 0.25) is 0 Å². The van der Waals surface area contributed by atoms with Gasteiger partial charge in [-0.15, -0.1) is 0 Å². The van der Waals surface area contributed by atoms with Gasteiger partial charge in [-0.2, -0.15) is 4.31 Å². The molecule has 6 heteroatoms. The summed E-state index contributed by atoms with van der Waals surface area (Å²) in [5.74, 6) is -0.285. The van der Waals surface area contributed by atoms with Gasteiger partial charge in [-0.05, 0) is 31.0 Å². The molecule has 0 spiro atoms. The van der Waals surface area contributed by atoms with E-state index in [1.54, 1.807) is 25.2 Å². The summed E-state index contributed by atoms with van der Waals surface area (Å²) < 4.78 is 26.8. The first-order valence-electron chi connectivity index (χ1n) is 7.27. The number of hydrogen-bond donors (Lipinski definition) is 1. The van der Waals surface area contributed by atoms with Crippen LogP contribution in [0.3, 0.4) is 0 Å². The molecule has 1 N–H and O–H groups in total. The molecular weight excluding hydrogens is 288 g/mol. The Morgan fingerprint density at radius 2 is 1.90 bits per heavy atom. The van der Waals surface area contributed by atoms with E-state index in [9.17, 15) is 13.2 Å². The van der Waals surface area contributed by atoms with Crippen molar-refractivity contribution in [2.75, 3.05) is 14.1 Å². The fraction of sp³-hybridized carbons (Fsp3) is 0.533. The minimum Gasteiger partial charge on any atom is -0.355 e. The van der Waals surface area contributed by atoms with Crippen molar-refractivity contribution >= 4 is 15.9 Å². The van der Waals surface area contributed by atoms with E-state index in [0.717, 1.165) is 25.7 Å². The summed E-state index contributed by atoms with van der Waals surface area (Å²) in [5.41, 5.74) is 0.357. The van der Waals surface area contributed by atoms with Crippen molar-refractivity contribution in [2.45, 2.75) is 43.0 Å². The standard InChI is InChI=1S/C15H22N2O3S/c1-16-15(18)12-7-6-10-14(11-12)21(19,20)17(2)13-8-4-3-5-9-13/h6-7,10-11,13H,3-5,8-9H2,1-2H3,(H,16,18). The van der Waals surface area contributed by atoms with Crippen molar-refractivity contribution in [2.24, 2.45) is 0 Å². The van der Waals surface area contributed by atoms with Crippen molar-refractivity contribution in [3.8, 4) is 0 Å². The van der Waals surface area contributed by atoms with Crippen molar-refractivity contribution in [3.63, 3.8) is 0 Å². The lowest BCUT2D eigenvalue weighted by atomic mass is 9.96. The summed E-state index contributed by atoms with van der Waals surface area (Å²) in [4.78, 5) is 11.8. The molecule has 2 rings (SSSR count). The zero-order valence-electron chi connectivity index (χ0n) is 12.5. The number of nitrogens with zero attached hydrogens (tertiary/aromatic N) is 1. The Hall–Kier alpha value is -1.40. The number of nitrogens with one attached hydrogen (secondary N) is 1. The quantitative estimate of drug-likeness (QED) is 0.925. The maximum absolute atomic E-state index is 12.7. The Morgan fingerprint density at radius 3 is 2.52 bits per heavy atom. The van der Waals surface area contributed by atoms with E-state index in [-0.39, 0.29) is 16.8 Å². The van der Waals surface area contributed by atoms with Crippen LogP contribution in [0.4, 0.5) is 0 Å². The Labute approximate surface area is 126 Å². The molecule has 0 saturated heterocycles. The minimum absolute atomic E-state index is 0.0624. The van der Waals surface area contributed by atoms with Crippen LogP contribution in [-0.4, -0.2) is 38.8 Å². The Bertz CT molecular complexity index is 607. The highest BCUT2D eigenvalue weighted by Crippen LogP contribution is 2.26. The molecule has 1 aliphatic rings. The number of amides is 1. The third kappa shape index (κ3) is 3.44. The van der Waals surface area contributed by atoms with Crippen LogP contribution in [0, 0.1) is 0 Å². The lowest BCUT2D eigenvalue weighted by molar-refractivity contribution is 0.0963. The van der Waals surface area contributed by atoms with Crippen LogP contribution in [0.5, 0.6) is 0 Å². The molecule has 0 aromatic heterocycles. The second kappa shape index (κ2) is 6.58. The highest BCUT2D eigenvalue weighted by molar-refractivity contribution is 7.89. The van der Waals surface area contributed by atoms with Gasteiger partial charge in [0.1, 0.15) is 0 Å². The van der Waals surface area contributed by atoms with Crippen molar-refractivity contribution in [3.05, 3.63) is 29.8 Å². The van der Waals surface area contributed by atoms with E-state index >= 15 is 0 Å². The Kier molecular flexibility index (Phi) is 5.00. The molecule has 116 valence electrons. The van der Waals surface area contributed by atoms with Crippen molar-refractivity contribution in [1.82, 2.24) is 9.62 Å². The van der Waals surface area contributed by atoms with E-state index in [1.165, 1.54) is 23.8 Å². The zero-order chi connectivity index (χ0) is 15.5. The predicted molar refractivity (Wildman–Crippen MR) is 81.7 cm³/mol. The summed E-state index contributed by atoms with van der Waals surface area (Å²) >= 11 is 0. The van der Waals surface area contributed by atoms with Gasteiger partial charge in [-0.1, -0.05) is 25.3 Å². The van der Waals surface area contributed by atoms with Gasteiger partial charge in [-0.25, -0.2) is 8.42 Å². The van der Waals surface area contributed by atoms with Crippen LogP contribution in [0.25, 0.3) is 0 Å². The van der Waals surface area contributed by atoms with Crippen LogP contribution < -0.4 is 5.32 Å². The number of carbonyl (C=O) groups is 1. The first kappa shape index (κ1) is 16.0. The summed E-state index contributed by atoms with van der Waals surface area (Å²) in [6.45, 7) is 0. The van der Waals surface area contributed by atoms with Gasteiger partial charge in [0.15, 0.2) is 0 Å². The third-order valence-electron chi connectivity index (χ3n) is 4.09. The fourth-order valence-corrected chi connectivity index (χ4v) is 4.21. The third-order valence-corrected chi connectivity index (χ3v) is 6.00. The van der Waals surface area contributed by atoms with Gasteiger partial charge >= 0.3 is 0 Å².